The van der Waals surface area contributed by atoms with E-state index in [9.17, 15) is 8.42 Å². The number of rotatable bonds is 6. The van der Waals surface area contributed by atoms with E-state index in [1.807, 2.05) is 23.6 Å². The van der Waals surface area contributed by atoms with E-state index in [0.29, 0.717) is 6.04 Å². The van der Waals surface area contributed by atoms with Gasteiger partial charge in [-0.2, -0.15) is 0 Å². The summed E-state index contributed by atoms with van der Waals surface area (Å²) in [6.45, 7) is 0.830. The summed E-state index contributed by atoms with van der Waals surface area (Å²) in [6.07, 6.45) is 7.57. The quantitative estimate of drug-likeness (QED) is 0.852. The molecule has 0 unspecified atom stereocenters. The molecule has 0 spiro atoms. The monoisotopic (exact) mass is 365 g/mol. The highest BCUT2D eigenvalue weighted by Gasteiger charge is 2.28. The molecule has 2 atom stereocenters. The van der Waals surface area contributed by atoms with E-state index in [1.165, 1.54) is 6.26 Å². The Morgan fingerprint density at radius 3 is 2.92 bits per heavy atom. The van der Waals surface area contributed by atoms with E-state index in [0.717, 1.165) is 55.0 Å². The van der Waals surface area contributed by atoms with Crippen LogP contribution in [0.3, 0.4) is 0 Å². The highest BCUT2D eigenvalue weighted by Crippen LogP contribution is 2.24. The largest absolute Gasteiger partial charge is 0.314 e. The van der Waals surface area contributed by atoms with Crippen molar-refractivity contribution >= 4 is 21.2 Å². The van der Waals surface area contributed by atoms with Gasteiger partial charge in [-0.1, -0.05) is 12.5 Å². The second-order valence-corrected chi connectivity index (χ2v) is 9.63. The van der Waals surface area contributed by atoms with Crippen LogP contribution in [0.15, 0.2) is 29.8 Å². The Labute approximate surface area is 147 Å². The average molecular weight is 366 g/mol. The molecule has 1 N–H and O–H groups in total. The van der Waals surface area contributed by atoms with Crippen LogP contribution in [0, 0.1) is 0 Å². The van der Waals surface area contributed by atoms with Crippen LogP contribution in [0.5, 0.6) is 0 Å². The molecule has 5 nitrogen and oxygen atoms in total. The van der Waals surface area contributed by atoms with Crippen LogP contribution >= 0.6 is 11.3 Å². The number of hydrogen-bond acceptors (Lipinski definition) is 6. The minimum atomic E-state index is -2.92. The highest BCUT2D eigenvalue weighted by atomic mass is 32.2. The fourth-order valence-electron chi connectivity index (χ4n) is 3.16. The molecule has 1 fully saturated rings. The van der Waals surface area contributed by atoms with Crippen molar-refractivity contribution < 1.29 is 8.42 Å². The maximum absolute atomic E-state index is 11.7. The lowest BCUT2D eigenvalue weighted by Gasteiger charge is -2.28. The van der Waals surface area contributed by atoms with Crippen molar-refractivity contribution in [2.45, 2.75) is 43.4 Å². The summed E-state index contributed by atoms with van der Waals surface area (Å²) in [5.74, 6) is 0. The molecular weight excluding hydrogens is 342 g/mol. The fraction of sp³-hybridized carbons (Fsp3) is 0.529. The normalized spacial score (nSPS) is 21.7. The van der Waals surface area contributed by atoms with Gasteiger partial charge in [0.25, 0.3) is 0 Å². The summed E-state index contributed by atoms with van der Waals surface area (Å²) in [4.78, 5) is 8.96. The molecule has 2 aromatic rings. The van der Waals surface area contributed by atoms with Crippen molar-refractivity contribution in [3.63, 3.8) is 0 Å². The van der Waals surface area contributed by atoms with Crippen LogP contribution in [0.2, 0.25) is 0 Å². The van der Waals surface area contributed by atoms with Crippen LogP contribution < -0.4 is 5.32 Å². The molecule has 0 saturated heterocycles. The average Bonchev–Trinajstić information content (AvgIpc) is 3.04. The van der Waals surface area contributed by atoms with E-state index >= 15 is 0 Å². The molecule has 0 bridgehead atoms. The first-order valence-corrected chi connectivity index (χ1v) is 11.1. The van der Waals surface area contributed by atoms with Gasteiger partial charge in [0.2, 0.25) is 0 Å². The maximum Gasteiger partial charge on any atom is 0.150 e. The maximum atomic E-state index is 11.7. The van der Waals surface area contributed by atoms with Gasteiger partial charge in [0.05, 0.1) is 21.6 Å². The summed E-state index contributed by atoms with van der Waals surface area (Å²) < 4.78 is 23.4. The Morgan fingerprint density at radius 1 is 1.29 bits per heavy atom. The first-order valence-electron chi connectivity index (χ1n) is 8.30. The van der Waals surface area contributed by atoms with E-state index in [1.54, 1.807) is 17.5 Å². The lowest BCUT2D eigenvalue weighted by molar-refractivity contribution is 0.374. The van der Waals surface area contributed by atoms with E-state index < -0.39 is 9.84 Å². The van der Waals surface area contributed by atoms with Crippen molar-refractivity contribution in [1.82, 2.24) is 15.3 Å². The zero-order chi connectivity index (χ0) is 17.0. The number of sulfone groups is 1. The Balaban J connectivity index is 1.49. The van der Waals surface area contributed by atoms with Gasteiger partial charge in [0.15, 0.2) is 0 Å². The second kappa shape index (κ2) is 7.72. The number of thiazole rings is 1. The minimum absolute atomic E-state index is 0.181. The molecule has 7 heteroatoms. The lowest BCUT2D eigenvalue weighted by atomic mass is 9.95. The molecule has 1 aliphatic rings. The molecular formula is C17H23N3O2S2. The summed E-state index contributed by atoms with van der Waals surface area (Å²) in [5.41, 5.74) is 1.82. The van der Waals surface area contributed by atoms with Crippen molar-refractivity contribution in [3.05, 3.63) is 34.8 Å². The highest BCUT2D eigenvalue weighted by molar-refractivity contribution is 7.91. The SMILES string of the molecule is CS(=O)(=O)[C@@H]1CCC[C@H](NCCc2nc(-c3ccccn3)cs2)C1. The molecule has 0 aromatic carbocycles. The van der Waals surface area contributed by atoms with E-state index in [2.05, 4.69) is 15.3 Å². The Hall–Kier alpha value is -1.31. The number of nitrogens with zero attached hydrogens (tertiary/aromatic N) is 2. The number of nitrogens with one attached hydrogen (secondary N) is 1. The van der Waals surface area contributed by atoms with Gasteiger partial charge in [-0.3, -0.25) is 4.98 Å². The van der Waals surface area contributed by atoms with Gasteiger partial charge in [-0.25, -0.2) is 13.4 Å². The molecule has 0 amide bonds. The van der Waals surface area contributed by atoms with Crippen LogP contribution in [-0.2, 0) is 16.3 Å². The topological polar surface area (TPSA) is 72.0 Å². The van der Waals surface area contributed by atoms with Crippen molar-refractivity contribution in [3.8, 4) is 11.4 Å². The molecule has 1 saturated carbocycles. The van der Waals surface area contributed by atoms with Gasteiger partial charge >= 0.3 is 0 Å². The second-order valence-electron chi connectivity index (χ2n) is 6.36. The van der Waals surface area contributed by atoms with Gasteiger partial charge < -0.3 is 5.32 Å². The van der Waals surface area contributed by atoms with Crippen LogP contribution in [0.1, 0.15) is 30.7 Å². The third-order valence-electron chi connectivity index (χ3n) is 4.48. The predicted molar refractivity (Wildman–Crippen MR) is 97.9 cm³/mol. The van der Waals surface area contributed by atoms with Crippen molar-refractivity contribution in [2.75, 3.05) is 12.8 Å². The standard InChI is InChI=1S/C17H23N3O2S2/c1-24(21,22)14-6-4-5-13(11-14)18-10-8-17-20-16(12-23-17)15-7-2-3-9-19-15/h2-3,7,9,12-14,18H,4-6,8,10-11H2,1H3/t13-,14+/m0/s1. The molecule has 0 aliphatic heterocycles. The fourth-order valence-corrected chi connectivity index (χ4v) is 5.13. The molecule has 2 heterocycles. The zero-order valence-electron chi connectivity index (χ0n) is 13.8. The molecule has 24 heavy (non-hydrogen) atoms. The van der Waals surface area contributed by atoms with Crippen molar-refractivity contribution in [1.29, 1.82) is 0 Å². The molecule has 0 radical (unpaired) electrons. The predicted octanol–water partition coefficient (Wildman–Crippen LogP) is 2.69. The molecule has 2 aromatic heterocycles. The summed E-state index contributed by atoms with van der Waals surface area (Å²) in [7, 11) is -2.92. The Morgan fingerprint density at radius 2 is 2.17 bits per heavy atom. The minimum Gasteiger partial charge on any atom is -0.314 e. The third kappa shape index (κ3) is 4.62. The Bertz CT molecular complexity index is 759. The van der Waals surface area contributed by atoms with Crippen LogP contribution in [0.25, 0.3) is 11.4 Å². The zero-order valence-corrected chi connectivity index (χ0v) is 15.4. The van der Waals surface area contributed by atoms with Gasteiger partial charge in [0.1, 0.15) is 9.84 Å². The first kappa shape index (κ1) is 17.5. The number of pyridine rings is 1. The lowest BCUT2D eigenvalue weighted by Crippen LogP contribution is -2.39. The molecule has 3 rings (SSSR count). The summed E-state index contributed by atoms with van der Waals surface area (Å²) >= 11 is 1.65. The van der Waals surface area contributed by atoms with Crippen LogP contribution in [0.4, 0.5) is 0 Å². The van der Waals surface area contributed by atoms with E-state index in [-0.39, 0.29) is 5.25 Å². The molecule has 130 valence electrons. The van der Waals surface area contributed by atoms with Gasteiger partial charge in [-0.05, 0) is 31.4 Å². The van der Waals surface area contributed by atoms with Gasteiger partial charge in [0, 0.05) is 36.8 Å². The first-order chi connectivity index (χ1) is 11.5. The third-order valence-corrected chi connectivity index (χ3v) is 7.03. The molecule has 1 aliphatic carbocycles. The number of hydrogen-bond donors (Lipinski definition) is 1. The van der Waals surface area contributed by atoms with Gasteiger partial charge in [-0.15, -0.1) is 11.3 Å². The van der Waals surface area contributed by atoms with Crippen molar-refractivity contribution in [2.24, 2.45) is 0 Å². The smallest absolute Gasteiger partial charge is 0.150 e. The summed E-state index contributed by atoms with van der Waals surface area (Å²) in [5, 5.41) is 6.45. The number of aromatic nitrogens is 2. The van der Waals surface area contributed by atoms with Crippen LogP contribution in [-0.4, -0.2) is 42.5 Å². The Kier molecular flexibility index (Phi) is 5.63. The van der Waals surface area contributed by atoms with E-state index in [4.69, 9.17) is 0 Å². The summed E-state index contributed by atoms with van der Waals surface area (Å²) in [6, 6.07) is 6.12.